The van der Waals surface area contributed by atoms with E-state index in [-0.39, 0.29) is 10.6 Å². The Morgan fingerprint density at radius 3 is 2.88 bits per heavy atom. The molecule has 1 aromatic rings. The number of allylic oxidation sites excluding steroid dienone is 1. The Balaban J connectivity index is 2.95. The summed E-state index contributed by atoms with van der Waals surface area (Å²) in [6.45, 7) is 2.29. The molecule has 0 saturated heterocycles. The van der Waals surface area contributed by atoms with Gasteiger partial charge in [0.25, 0.3) is 0 Å². The van der Waals surface area contributed by atoms with E-state index < -0.39 is 0 Å². The monoisotopic (exact) mass is 221 g/mol. The predicted octanol–water partition coefficient (Wildman–Crippen LogP) is 2.86. The molecule has 0 spiro atoms. The molecule has 0 amide bonds. The zero-order valence-electron chi connectivity index (χ0n) is 9.47. The summed E-state index contributed by atoms with van der Waals surface area (Å²) in [6, 6.07) is 7.53. The fraction of sp³-hybridized carbons (Fsp3) is 0.333. The van der Waals surface area contributed by atoms with Crippen LogP contribution in [0.15, 0.2) is 30.0 Å². The van der Waals surface area contributed by atoms with E-state index in [1.807, 2.05) is 24.3 Å². The maximum absolute atomic E-state index is 10.7. The quantitative estimate of drug-likeness (QED) is 0.567. The van der Waals surface area contributed by atoms with Crippen LogP contribution in [0.4, 0.5) is 0 Å². The minimum Gasteiger partial charge on any atom is -0.380 e. The Hall–Kier alpha value is -1.68. The molecule has 0 heterocycles. The van der Waals surface area contributed by atoms with Crippen molar-refractivity contribution >= 4 is 6.08 Å². The molecule has 0 fully saturated rings. The van der Waals surface area contributed by atoms with E-state index in [1.54, 1.807) is 20.1 Å². The molecule has 0 N–H and O–H groups in total. The first-order chi connectivity index (χ1) is 7.67. The molecule has 0 aromatic heterocycles. The van der Waals surface area contributed by atoms with Crippen molar-refractivity contribution in [1.29, 1.82) is 0 Å². The summed E-state index contributed by atoms with van der Waals surface area (Å²) < 4.78 is 5.01. The minimum atomic E-state index is -0.344. The molecule has 0 bridgehead atoms. The Labute approximate surface area is 94.7 Å². The average molecular weight is 221 g/mol. The van der Waals surface area contributed by atoms with Gasteiger partial charge in [0.15, 0.2) is 0 Å². The van der Waals surface area contributed by atoms with Gasteiger partial charge in [0.2, 0.25) is 5.70 Å². The van der Waals surface area contributed by atoms with Crippen molar-refractivity contribution in [2.45, 2.75) is 20.0 Å². The summed E-state index contributed by atoms with van der Waals surface area (Å²) in [5.74, 6) is 0. The van der Waals surface area contributed by atoms with E-state index in [2.05, 4.69) is 0 Å². The minimum absolute atomic E-state index is 0.217. The van der Waals surface area contributed by atoms with E-state index in [4.69, 9.17) is 4.74 Å². The van der Waals surface area contributed by atoms with Crippen LogP contribution in [0.3, 0.4) is 0 Å². The maximum atomic E-state index is 10.7. The topological polar surface area (TPSA) is 52.4 Å². The zero-order valence-corrected chi connectivity index (χ0v) is 9.47. The van der Waals surface area contributed by atoms with Crippen molar-refractivity contribution in [1.82, 2.24) is 0 Å². The maximum Gasteiger partial charge on any atom is 0.246 e. The van der Waals surface area contributed by atoms with Gasteiger partial charge in [-0.1, -0.05) is 25.1 Å². The molecule has 4 heteroatoms. The van der Waals surface area contributed by atoms with Crippen LogP contribution in [0.25, 0.3) is 6.08 Å². The van der Waals surface area contributed by atoms with Gasteiger partial charge in [-0.3, -0.25) is 10.1 Å². The van der Waals surface area contributed by atoms with E-state index in [0.717, 1.165) is 11.1 Å². The number of nitrogens with zero attached hydrogens (tertiary/aromatic N) is 1. The van der Waals surface area contributed by atoms with Gasteiger partial charge in [-0.15, -0.1) is 0 Å². The zero-order chi connectivity index (χ0) is 12.0. The number of ether oxygens (including phenoxy) is 1. The third-order valence-electron chi connectivity index (χ3n) is 2.19. The van der Waals surface area contributed by atoms with Crippen LogP contribution in [0.1, 0.15) is 24.5 Å². The van der Waals surface area contributed by atoms with E-state index in [9.17, 15) is 10.1 Å². The number of hydrogen-bond donors (Lipinski definition) is 0. The molecule has 86 valence electrons. The first-order valence-corrected chi connectivity index (χ1v) is 5.10. The highest BCUT2D eigenvalue weighted by Gasteiger charge is 2.06. The second-order valence-corrected chi connectivity index (χ2v) is 3.42. The molecule has 0 unspecified atom stereocenters. The van der Waals surface area contributed by atoms with Crippen molar-refractivity contribution in [2.75, 3.05) is 7.11 Å². The first kappa shape index (κ1) is 12.4. The van der Waals surface area contributed by atoms with Gasteiger partial charge in [-0.05, 0) is 17.2 Å². The van der Waals surface area contributed by atoms with Crippen molar-refractivity contribution < 1.29 is 9.66 Å². The molecule has 16 heavy (non-hydrogen) atoms. The van der Waals surface area contributed by atoms with E-state index in [0.29, 0.717) is 13.0 Å². The van der Waals surface area contributed by atoms with Gasteiger partial charge in [0, 0.05) is 19.6 Å². The second kappa shape index (κ2) is 6.02. The largest absolute Gasteiger partial charge is 0.380 e. The summed E-state index contributed by atoms with van der Waals surface area (Å²) in [5, 5.41) is 10.7. The molecule has 4 nitrogen and oxygen atoms in total. The van der Waals surface area contributed by atoms with E-state index >= 15 is 0 Å². The highest BCUT2D eigenvalue weighted by Crippen LogP contribution is 2.12. The fourth-order valence-electron chi connectivity index (χ4n) is 1.42. The van der Waals surface area contributed by atoms with E-state index in [1.165, 1.54) is 0 Å². The van der Waals surface area contributed by atoms with Crippen molar-refractivity contribution in [3.63, 3.8) is 0 Å². The Morgan fingerprint density at radius 1 is 1.56 bits per heavy atom. The Kier molecular flexibility index (Phi) is 4.66. The molecular weight excluding hydrogens is 206 g/mol. The van der Waals surface area contributed by atoms with Crippen LogP contribution >= 0.6 is 0 Å². The van der Waals surface area contributed by atoms with Crippen LogP contribution in [-0.4, -0.2) is 12.0 Å². The smallest absolute Gasteiger partial charge is 0.246 e. The molecular formula is C12H15NO3. The van der Waals surface area contributed by atoms with Gasteiger partial charge in [-0.2, -0.15) is 0 Å². The summed E-state index contributed by atoms with van der Waals surface area (Å²) in [6.07, 6.45) is 2.01. The fourth-order valence-corrected chi connectivity index (χ4v) is 1.42. The van der Waals surface area contributed by atoms with Crippen molar-refractivity contribution in [2.24, 2.45) is 0 Å². The number of rotatable bonds is 5. The van der Waals surface area contributed by atoms with Crippen LogP contribution in [-0.2, 0) is 11.3 Å². The summed E-state index contributed by atoms with van der Waals surface area (Å²) in [5.41, 5.74) is 2.06. The van der Waals surface area contributed by atoms with Crippen LogP contribution in [0.2, 0.25) is 0 Å². The molecule has 0 saturated carbocycles. The third kappa shape index (κ3) is 3.47. The standard InChI is InChI=1S/C12H15NO3/c1-3-12(13(14)15)8-10-5-4-6-11(7-10)9-16-2/h4-8H,3,9H2,1-2H3. The van der Waals surface area contributed by atoms with Gasteiger partial charge < -0.3 is 4.74 Å². The molecule has 0 aliphatic carbocycles. The summed E-state index contributed by atoms with van der Waals surface area (Å²) >= 11 is 0. The highest BCUT2D eigenvalue weighted by atomic mass is 16.6. The normalized spacial score (nSPS) is 11.5. The Bertz CT molecular complexity index is 399. The lowest BCUT2D eigenvalue weighted by Crippen LogP contribution is -1.96. The van der Waals surface area contributed by atoms with Gasteiger partial charge in [0.1, 0.15) is 0 Å². The number of nitro groups is 1. The molecule has 0 radical (unpaired) electrons. The molecule has 0 atom stereocenters. The number of methoxy groups -OCH3 is 1. The third-order valence-corrected chi connectivity index (χ3v) is 2.19. The summed E-state index contributed by atoms with van der Waals surface area (Å²) in [4.78, 5) is 10.3. The SMILES string of the molecule is CCC(=Cc1cccc(COC)c1)[N+](=O)[O-]. The lowest BCUT2D eigenvalue weighted by atomic mass is 10.1. The van der Waals surface area contributed by atoms with Crippen LogP contribution < -0.4 is 0 Å². The highest BCUT2D eigenvalue weighted by molar-refractivity contribution is 5.51. The number of hydrogen-bond acceptors (Lipinski definition) is 3. The van der Waals surface area contributed by atoms with Crippen molar-refractivity contribution in [3.05, 3.63) is 51.2 Å². The van der Waals surface area contributed by atoms with Gasteiger partial charge >= 0.3 is 0 Å². The molecule has 1 rings (SSSR count). The molecule has 0 aliphatic rings. The average Bonchev–Trinajstić information content (AvgIpc) is 2.26. The number of benzene rings is 1. The molecule has 1 aromatic carbocycles. The molecule has 0 aliphatic heterocycles. The Morgan fingerprint density at radius 2 is 2.31 bits per heavy atom. The van der Waals surface area contributed by atoms with Crippen LogP contribution in [0.5, 0.6) is 0 Å². The lowest BCUT2D eigenvalue weighted by molar-refractivity contribution is -0.425. The lowest BCUT2D eigenvalue weighted by Gasteiger charge is -2.01. The van der Waals surface area contributed by atoms with Gasteiger partial charge in [0.05, 0.1) is 11.5 Å². The van der Waals surface area contributed by atoms with Crippen molar-refractivity contribution in [3.8, 4) is 0 Å². The second-order valence-electron chi connectivity index (χ2n) is 3.42. The van der Waals surface area contributed by atoms with Crippen LogP contribution in [0, 0.1) is 10.1 Å². The first-order valence-electron chi connectivity index (χ1n) is 5.10. The predicted molar refractivity (Wildman–Crippen MR) is 62.4 cm³/mol. The summed E-state index contributed by atoms with van der Waals surface area (Å²) in [7, 11) is 1.62. The van der Waals surface area contributed by atoms with Gasteiger partial charge in [-0.25, -0.2) is 0 Å².